The summed E-state index contributed by atoms with van der Waals surface area (Å²) in [5, 5.41) is 8.86. The Morgan fingerprint density at radius 3 is 1.86 bits per heavy atom. The molecule has 0 saturated carbocycles. The van der Waals surface area contributed by atoms with Crippen molar-refractivity contribution in [3.05, 3.63) is 54.1 Å². The van der Waals surface area contributed by atoms with Gasteiger partial charge in [0.15, 0.2) is 0 Å². The van der Waals surface area contributed by atoms with Crippen LogP contribution in [0.25, 0.3) is 11.1 Å². The number of carbonyl (C=O) groups is 1. The number of carboxylic acids is 1. The zero-order valence-corrected chi connectivity index (χ0v) is 13.2. The topological polar surface area (TPSA) is 74.7 Å². The Kier molecular flexibility index (Phi) is 4.51. The SMILES string of the molecule is Cc1ccc(-c2ccc(N(CC(=O)O)S(C)(=O)=O)cc2)cc1. The van der Waals surface area contributed by atoms with Crippen molar-refractivity contribution in [2.24, 2.45) is 0 Å². The van der Waals surface area contributed by atoms with Crippen LogP contribution in [0.3, 0.4) is 0 Å². The first kappa shape index (κ1) is 16.0. The lowest BCUT2D eigenvalue weighted by molar-refractivity contribution is -0.135. The van der Waals surface area contributed by atoms with Crippen LogP contribution in [-0.2, 0) is 14.8 Å². The molecule has 0 amide bonds. The Morgan fingerprint density at radius 2 is 1.45 bits per heavy atom. The Morgan fingerprint density at radius 1 is 1.00 bits per heavy atom. The van der Waals surface area contributed by atoms with Crippen molar-refractivity contribution in [3.8, 4) is 11.1 Å². The highest BCUT2D eigenvalue weighted by Gasteiger charge is 2.20. The summed E-state index contributed by atoms with van der Waals surface area (Å²) in [6, 6.07) is 14.7. The van der Waals surface area contributed by atoms with Gasteiger partial charge in [-0.2, -0.15) is 0 Å². The molecule has 1 N–H and O–H groups in total. The van der Waals surface area contributed by atoms with Crippen molar-refractivity contribution in [3.63, 3.8) is 0 Å². The Hall–Kier alpha value is -2.34. The van der Waals surface area contributed by atoms with E-state index in [1.54, 1.807) is 24.3 Å². The summed E-state index contributed by atoms with van der Waals surface area (Å²) in [7, 11) is -3.64. The molecule has 0 spiro atoms. The molecule has 0 aliphatic heterocycles. The fraction of sp³-hybridized carbons (Fsp3) is 0.188. The first-order chi connectivity index (χ1) is 10.3. The zero-order chi connectivity index (χ0) is 16.3. The molecular formula is C16H17NO4S. The van der Waals surface area contributed by atoms with Crippen molar-refractivity contribution in [1.29, 1.82) is 0 Å². The molecule has 2 aromatic rings. The van der Waals surface area contributed by atoms with Crippen LogP contribution in [0.5, 0.6) is 0 Å². The third kappa shape index (κ3) is 3.85. The van der Waals surface area contributed by atoms with Crippen molar-refractivity contribution in [2.45, 2.75) is 6.92 Å². The van der Waals surface area contributed by atoms with Crippen LogP contribution in [0.4, 0.5) is 5.69 Å². The Labute approximate surface area is 129 Å². The monoisotopic (exact) mass is 319 g/mol. The minimum absolute atomic E-state index is 0.334. The van der Waals surface area contributed by atoms with Crippen LogP contribution in [0.1, 0.15) is 5.56 Å². The fourth-order valence-corrected chi connectivity index (χ4v) is 2.94. The standard InChI is InChI=1S/C16H17NO4S/c1-12-3-5-13(6-4-12)14-7-9-15(10-8-14)17(11-16(18)19)22(2,20)21/h3-10H,11H2,1-2H3,(H,18,19). The summed E-state index contributed by atoms with van der Waals surface area (Å²) in [5.41, 5.74) is 3.44. The second kappa shape index (κ2) is 6.19. The number of hydrogen-bond donors (Lipinski definition) is 1. The fourth-order valence-electron chi connectivity index (χ4n) is 2.09. The Balaban J connectivity index is 2.34. The van der Waals surface area contributed by atoms with Crippen LogP contribution in [0.2, 0.25) is 0 Å². The maximum Gasteiger partial charge on any atom is 0.324 e. The van der Waals surface area contributed by atoms with E-state index >= 15 is 0 Å². The van der Waals surface area contributed by atoms with Crippen molar-refractivity contribution in [2.75, 3.05) is 17.1 Å². The summed E-state index contributed by atoms with van der Waals surface area (Å²) < 4.78 is 24.3. The van der Waals surface area contributed by atoms with Gasteiger partial charge in [-0.1, -0.05) is 42.0 Å². The molecule has 0 fully saturated rings. The molecule has 0 atom stereocenters. The summed E-state index contributed by atoms with van der Waals surface area (Å²) in [4.78, 5) is 10.8. The minimum atomic E-state index is -3.64. The summed E-state index contributed by atoms with van der Waals surface area (Å²) in [6.45, 7) is 1.41. The van der Waals surface area contributed by atoms with Gasteiger partial charge < -0.3 is 5.11 Å². The van der Waals surface area contributed by atoms with Gasteiger partial charge >= 0.3 is 5.97 Å². The molecule has 0 aliphatic rings. The third-order valence-electron chi connectivity index (χ3n) is 3.22. The number of aryl methyl sites for hydroxylation is 1. The number of carboxylic acid groups (broad SMARTS) is 1. The molecule has 5 nitrogen and oxygen atoms in total. The lowest BCUT2D eigenvalue weighted by Crippen LogP contribution is -2.34. The molecule has 0 heterocycles. The van der Waals surface area contributed by atoms with Crippen LogP contribution in [0.15, 0.2) is 48.5 Å². The Bertz CT molecular complexity index is 765. The largest absolute Gasteiger partial charge is 0.480 e. The predicted octanol–water partition coefficient (Wildman–Crippen LogP) is 2.51. The minimum Gasteiger partial charge on any atom is -0.480 e. The quantitative estimate of drug-likeness (QED) is 0.919. The molecule has 0 aliphatic carbocycles. The molecule has 0 radical (unpaired) electrons. The van der Waals surface area contributed by atoms with Gasteiger partial charge in [0.25, 0.3) is 0 Å². The predicted molar refractivity (Wildman–Crippen MR) is 86.4 cm³/mol. The molecule has 0 aromatic heterocycles. The molecule has 0 unspecified atom stereocenters. The van der Waals surface area contributed by atoms with E-state index < -0.39 is 22.5 Å². The molecule has 0 saturated heterocycles. The summed E-state index contributed by atoms with van der Waals surface area (Å²) >= 11 is 0. The normalized spacial score (nSPS) is 11.2. The van der Waals surface area contributed by atoms with Crippen LogP contribution >= 0.6 is 0 Å². The van der Waals surface area contributed by atoms with Crippen LogP contribution < -0.4 is 4.31 Å². The lowest BCUT2D eigenvalue weighted by Gasteiger charge is -2.20. The molecular weight excluding hydrogens is 302 g/mol. The number of anilines is 1. The van der Waals surface area contributed by atoms with Crippen molar-refractivity contribution < 1.29 is 18.3 Å². The highest BCUT2D eigenvalue weighted by atomic mass is 32.2. The maximum atomic E-state index is 11.7. The lowest BCUT2D eigenvalue weighted by atomic mass is 10.0. The van der Waals surface area contributed by atoms with Gasteiger partial charge in [-0.15, -0.1) is 0 Å². The molecule has 116 valence electrons. The average molecular weight is 319 g/mol. The van der Waals surface area contributed by atoms with Gasteiger partial charge in [0.2, 0.25) is 10.0 Å². The molecule has 2 rings (SSSR count). The van der Waals surface area contributed by atoms with E-state index in [1.807, 2.05) is 31.2 Å². The molecule has 2 aromatic carbocycles. The van der Waals surface area contributed by atoms with Gasteiger partial charge in [-0.3, -0.25) is 9.10 Å². The first-order valence-corrected chi connectivity index (χ1v) is 8.49. The number of aliphatic carboxylic acids is 1. The van der Waals surface area contributed by atoms with Gasteiger partial charge in [-0.25, -0.2) is 8.42 Å². The van der Waals surface area contributed by atoms with Gasteiger partial charge in [0.05, 0.1) is 11.9 Å². The number of nitrogens with zero attached hydrogens (tertiary/aromatic N) is 1. The highest BCUT2D eigenvalue weighted by molar-refractivity contribution is 7.92. The van der Waals surface area contributed by atoms with E-state index in [1.165, 1.54) is 0 Å². The number of benzene rings is 2. The second-order valence-corrected chi connectivity index (χ2v) is 6.98. The van der Waals surface area contributed by atoms with E-state index in [9.17, 15) is 13.2 Å². The second-order valence-electron chi connectivity index (χ2n) is 5.08. The van der Waals surface area contributed by atoms with E-state index in [-0.39, 0.29) is 0 Å². The maximum absolute atomic E-state index is 11.7. The number of hydrogen-bond acceptors (Lipinski definition) is 3. The highest BCUT2D eigenvalue weighted by Crippen LogP contribution is 2.24. The van der Waals surface area contributed by atoms with Crippen molar-refractivity contribution in [1.82, 2.24) is 0 Å². The van der Waals surface area contributed by atoms with E-state index in [4.69, 9.17) is 5.11 Å². The summed E-state index contributed by atoms with van der Waals surface area (Å²) in [6.07, 6.45) is 0.990. The van der Waals surface area contributed by atoms with Gasteiger partial charge in [0.1, 0.15) is 6.54 Å². The van der Waals surface area contributed by atoms with Crippen LogP contribution in [0, 0.1) is 6.92 Å². The molecule has 6 heteroatoms. The van der Waals surface area contributed by atoms with E-state index in [0.717, 1.165) is 27.3 Å². The van der Waals surface area contributed by atoms with E-state index in [0.29, 0.717) is 5.69 Å². The van der Waals surface area contributed by atoms with Gasteiger partial charge in [0, 0.05) is 0 Å². The smallest absolute Gasteiger partial charge is 0.324 e. The van der Waals surface area contributed by atoms with Gasteiger partial charge in [-0.05, 0) is 30.2 Å². The first-order valence-electron chi connectivity index (χ1n) is 6.64. The zero-order valence-electron chi connectivity index (χ0n) is 12.4. The average Bonchev–Trinajstić information content (AvgIpc) is 2.45. The number of rotatable bonds is 5. The summed E-state index contributed by atoms with van der Waals surface area (Å²) in [5.74, 6) is -1.20. The molecule has 0 bridgehead atoms. The third-order valence-corrected chi connectivity index (χ3v) is 4.36. The van der Waals surface area contributed by atoms with E-state index in [2.05, 4.69) is 0 Å². The van der Waals surface area contributed by atoms with Crippen LogP contribution in [-0.4, -0.2) is 32.3 Å². The number of sulfonamides is 1. The molecule has 22 heavy (non-hydrogen) atoms. The van der Waals surface area contributed by atoms with Crippen molar-refractivity contribution >= 4 is 21.7 Å².